The minimum atomic E-state index is 0.531. The molecule has 0 aliphatic heterocycles. The molecule has 78 valence electrons. The Morgan fingerprint density at radius 1 is 1.29 bits per heavy atom. The summed E-state index contributed by atoms with van der Waals surface area (Å²) in [5.74, 6) is 1.23. The number of rotatable bonds is 4. The van der Waals surface area contributed by atoms with Gasteiger partial charge in [0.2, 0.25) is 0 Å². The Hall–Kier alpha value is -0.0100. The van der Waals surface area contributed by atoms with E-state index in [1.807, 2.05) is 12.1 Å². The van der Waals surface area contributed by atoms with Crippen LogP contribution < -0.4 is 0 Å². The minimum absolute atomic E-state index is 0.531. The molecule has 0 aliphatic rings. The average Bonchev–Trinajstić information content (AvgIpc) is 2.15. The van der Waals surface area contributed by atoms with E-state index in [0.717, 1.165) is 10.4 Å². The molecule has 1 rings (SSSR count). The van der Waals surface area contributed by atoms with Gasteiger partial charge in [0.05, 0.1) is 0 Å². The quantitative estimate of drug-likeness (QED) is 0.688. The molecule has 0 fully saturated rings. The van der Waals surface area contributed by atoms with Gasteiger partial charge in [0, 0.05) is 10.4 Å². The number of hydrogen-bond donors (Lipinski definition) is 0. The van der Waals surface area contributed by atoms with Gasteiger partial charge >= 0.3 is 0 Å². The first-order chi connectivity index (χ1) is 6.65. The van der Waals surface area contributed by atoms with Crippen molar-refractivity contribution in [2.24, 2.45) is 5.92 Å². The maximum absolute atomic E-state index is 6.16. The molecule has 0 radical (unpaired) electrons. The molecule has 14 heavy (non-hydrogen) atoms. The number of halogens is 2. The lowest BCUT2D eigenvalue weighted by molar-refractivity contribution is 0.530. The van der Waals surface area contributed by atoms with E-state index in [-0.39, 0.29) is 0 Å². The summed E-state index contributed by atoms with van der Waals surface area (Å²) in [6.45, 7) is 4.49. The highest BCUT2D eigenvalue weighted by Crippen LogP contribution is 2.30. The van der Waals surface area contributed by atoms with Crippen molar-refractivity contribution in [3.05, 3.63) is 34.9 Å². The molecule has 1 aromatic rings. The molecule has 2 heteroatoms. The Morgan fingerprint density at radius 2 is 1.93 bits per heavy atom. The highest BCUT2D eigenvalue weighted by molar-refractivity contribution is 9.09. The summed E-state index contributed by atoms with van der Waals surface area (Å²) in [6, 6.07) is 8.12. The van der Waals surface area contributed by atoms with Gasteiger partial charge in [0.25, 0.3) is 0 Å². The molecule has 0 saturated carbocycles. The summed E-state index contributed by atoms with van der Waals surface area (Å²) in [5.41, 5.74) is 1.26. The highest BCUT2D eigenvalue weighted by atomic mass is 79.9. The van der Waals surface area contributed by atoms with Gasteiger partial charge < -0.3 is 0 Å². The molecule has 0 aliphatic carbocycles. The third kappa shape index (κ3) is 3.29. The summed E-state index contributed by atoms with van der Waals surface area (Å²) in [4.78, 5) is 0. The SMILES string of the molecule is CC(C)CC(CBr)c1ccccc1Cl. The van der Waals surface area contributed by atoms with Crippen LogP contribution >= 0.6 is 27.5 Å². The zero-order chi connectivity index (χ0) is 10.6. The van der Waals surface area contributed by atoms with Crippen LogP contribution in [-0.2, 0) is 0 Å². The summed E-state index contributed by atoms with van der Waals surface area (Å²) < 4.78 is 0. The molecule has 0 saturated heterocycles. The Labute approximate surface area is 99.8 Å². The predicted molar refractivity (Wildman–Crippen MR) is 67.4 cm³/mol. The van der Waals surface area contributed by atoms with E-state index in [4.69, 9.17) is 11.6 Å². The van der Waals surface area contributed by atoms with Crippen molar-refractivity contribution in [2.45, 2.75) is 26.2 Å². The van der Waals surface area contributed by atoms with E-state index in [2.05, 4.69) is 41.9 Å². The standard InChI is InChI=1S/C12H16BrCl/c1-9(2)7-10(8-13)11-5-3-4-6-12(11)14/h3-6,9-10H,7-8H2,1-2H3. The van der Waals surface area contributed by atoms with Crippen molar-refractivity contribution in [3.8, 4) is 0 Å². The van der Waals surface area contributed by atoms with Crippen LogP contribution in [0.4, 0.5) is 0 Å². The molecule has 1 unspecified atom stereocenters. The summed E-state index contributed by atoms with van der Waals surface area (Å²) in [7, 11) is 0. The van der Waals surface area contributed by atoms with Crippen molar-refractivity contribution >= 4 is 27.5 Å². The van der Waals surface area contributed by atoms with E-state index in [9.17, 15) is 0 Å². The molecule has 0 N–H and O–H groups in total. The molecule has 0 spiro atoms. The number of hydrogen-bond acceptors (Lipinski definition) is 0. The van der Waals surface area contributed by atoms with Crippen LogP contribution in [0.2, 0.25) is 5.02 Å². The zero-order valence-electron chi connectivity index (χ0n) is 8.63. The van der Waals surface area contributed by atoms with Crippen LogP contribution in [0.3, 0.4) is 0 Å². The Morgan fingerprint density at radius 3 is 2.43 bits per heavy atom. The lowest BCUT2D eigenvalue weighted by Crippen LogP contribution is -2.04. The van der Waals surface area contributed by atoms with Gasteiger partial charge in [-0.1, -0.05) is 59.6 Å². The minimum Gasteiger partial charge on any atom is -0.0921 e. The summed E-state index contributed by atoms with van der Waals surface area (Å²) in [5, 5.41) is 1.87. The van der Waals surface area contributed by atoms with Crippen LogP contribution in [-0.4, -0.2) is 5.33 Å². The fourth-order valence-electron chi connectivity index (χ4n) is 1.65. The van der Waals surface area contributed by atoms with E-state index in [1.54, 1.807) is 0 Å². The second-order valence-corrected chi connectivity index (χ2v) is 5.06. The van der Waals surface area contributed by atoms with Gasteiger partial charge in [0.1, 0.15) is 0 Å². The third-order valence-corrected chi connectivity index (χ3v) is 3.41. The Kier molecular flexibility index (Phi) is 4.97. The molecule has 0 amide bonds. The lowest BCUT2D eigenvalue weighted by atomic mass is 9.92. The molecular formula is C12H16BrCl. The normalized spacial score (nSPS) is 13.2. The third-order valence-electron chi connectivity index (χ3n) is 2.29. The monoisotopic (exact) mass is 274 g/mol. The van der Waals surface area contributed by atoms with E-state index in [1.165, 1.54) is 12.0 Å². The van der Waals surface area contributed by atoms with Gasteiger partial charge in [-0.05, 0) is 29.9 Å². The number of benzene rings is 1. The van der Waals surface area contributed by atoms with Crippen molar-refractivity contribution < 1.29 is 0 Å². The van der Waals surface area contributed by atoms with Crippen LogP contribution in [0.5, 0.6) is 0 Å². The van der Waals surface area contributed by atoms with Crippen molar-refractivity contribution in [1.29, 1.82) is 0 Å². The largest absolute Gasteiger partial charge is 0.0921 e. The van der Waals surface area contributed by atoms with Crippen molar-refractivity contribution in [1.82, 2.24) is 0 Å². The first-order valence-corrected chi connectivity index (χ1v) is 6.45. The summed E-state index contributed by atoms with van der Waals surface area (Å²) in [6.07, 6.45) is 1.18. The maximum atomic E-state index is 6.16. The van der Waals surface area contributed by atoms with Crippen LogP contribution in [0.1, 0.15) is 31.7 Å². The van der Waals surface area contributed by atoms with E-state index in [0.29, 0.717) is 11.8 Å². The Bertz CT molecular complexity index is 283. The zero-order valence-corrected chi connectivity index (χ0v) is 11.0. The topological polar surface area (TPSA) is 0 Å². The van der Waals surface area contributed by atoms with Gasteiger partial charge in [-0.25, -0.2) is 0 Å². The summed E-state index contributed by atoms with van der Waals surface area (Å²) >= 11 is 9.72. The fourth-order valence-corrected chi connectivity index (χ4v) is 2.55. The highest BCUT2D eigenvalue weighted by Gasteiger charge is 2.14. The van der Waals surface area contributed by atoms with Crippen LogP contribution in [0.25, 0.3) is 0 Å². The van der Waals surface area contributed by atoms with Crippen molar-refractivity contribution in [2.75, 3.05) is 5.33 Å². The molecule has 0 aromatic heterocycles. The Balaban J connectivity index is 2.83. The average molecular weight is 276 g/mol. The van der Waals surface area contributed by atoms with Crippen LogP contribution in [0.15, 0.2) is 24.3 Å². The van der Waals surface area contributed by atoms with Crippen molar-refractivity contribution in [3.63, 3.8) is 0 Å². The second kappa shape index (κ2) is 5.77. The molecule has 1 atom stereocenters. The molecule has 1 aromatic carbocycles. The number of alkyl halides is 1. The lowest BCUT2D eigenvalue weighted by Gasteiger charge is -2.17. The van der Waals surface area contributed by atoms with E-state index < -0.39 is 0 Å². The van der Waals surface area contributed by atoms with Gasteiger partial charge in [-0.2, -0.15) is 0 Å². The first kappa shape index (κ1) is 12.1. The fraction of sp³-hybridized carbons (Fsp3) is 0.500. The second-order valence-electron chi connectivity index (χ2n) is 4.00. The van der Waals surface area contributed by atoms with Gasteiger partial charge in [-0.15, -0.1) is 0 Å². The molecular weight excluding hydrogens is 259 g/mol. The van der Waals surface area contributed by atoms with Gasteiger partial charge in [-0.3, -0.25) is 0 Å². The van der Waals surface area contributed by atoms with Crippen LogP contribution in [0, 0.1) is 5.92 Å². The van der Waals surface area contributed by atoms with E-state index >= 15 is 0 Å². The predicted octanol–water partition coefficient (Wildman–Crippen LogP) is 4.86. The maximum Gasteiger partial charge on any atom is 0.0441 e. The molecule has 0 bridgehead atoms. The first-order valence-electron chi connectivity index (χ1n) is 4.95. The smallest absolute Gasteiger partial charge is 0.0441 e. The van der Waals surface area contributed by atoms with Gasteiger partial charge in [0.15, 0.2) is 0 Å². The molecule has 0 nitrogen and oxygen atoms in total. The molecule has 0 heterocycles.